The molecule has 98 valence electrons. The van der Waals surface area contributed by atoms with Crippen molar-refractivity contribution in [3.63, 3.8) is 0 Å². The van der Waals surface area contributed by atoms with Crippen molar-refractivity contribution in [2.75, 3.05) is 20.7 Å². The Hall–Kier alpha value is -1.52. The van der Waals surface area contributed by atoms with Gasteiger partial charge in [0.1, 0.15) is 5.44 Å². The number of aliphatic imine (C=N–C) groups is 1. The number of thioether (sulfide) groups is 1. The molecule has 4 heteroatoms. The number of fused-ring (bicyclic) bond motifs is 1. The summed E-state index contributed by atoms with van der Waals surface area (Å²) in [5, 5.41) is 3.42. The molecule has 1 heterocycles. The summed E-state index contributed by atoms with van der Waals surface area (Å²) in [6.07, 6.45) is 0. The van der Waals surface area contributed by atoms with Gasteiger partial charge in [-0.15, -0.1) is 0 Å². The lowest BCUT2D eigenvalue weighted by atomic mass is 10.1. The summed E-state index contributed by atoms with van der Waals surface area (Å²) < 4.78 is 5.38. The smallest absolute Gasteiger partial charge is 0.166 e. The SMILES string of the molecule is CO[C@@H]1CN(C)C(=Nc2cccc3ccccc23)S1. The zero-order valence-electron chi connectivity index (χ0n) is 11.0. The van der Waals surface area contributed by atoms with Crippen LogP contribution < -0.4 is 0 Å². The lowest BCUT2D eigenvalue weighted by Crippen LogP contribution is -2.20. The minimum atomic E-state index is 0.179. The van der Waals surface area contributed by atoms with Gasteiger partial charge in [-0.25, -0.2) is 4.99 Å². The summed E-state index contributed by atoms with van der Waals surface area (Å²) in [7, 11) is 3.79. The topological polar surface area (TPSA) is 24.8 Å². The molecule has 3 nitrogen and oxygen atoms in total. The summed E-state index contributed by atoms with van der Waals surface area (Å²) in [4.78, 5) is 6.93. The van der Waals surface area contributed by atoms with Crippen LogP contribution in [0.1, 0.15) is 0 Å². The molecule has 1 atom stereocenters. The number of nitrogens with zero attached hydrogens (tertiary/aromatic N) is 2. The second-order valence-corrected chi connectivity index (χ2v) is 5.68. The van der Waals surface area contributed by atoms with E-state index in [-0.39, 0.29) is 5.44 Å². The predicted octanol–water partition coefficient (Wildman–Crippen LogP) is 3.48. The summed E-state index contributed by atoms with van der Waals surface area (Å²) in [5.41, 5.74) is 1.20. The molecular formula is C15H16N2OS. The summed E-state index contributed by atoms with van der Waals surface area (Å²) in [6.45, 7) is 0.880. The summed E-state index contributed by atoms with van der Waals surface area (Å²) in [5.74, 6) is 0. The molecule has 3 rings (SSSR count). The van der Waals surface area contributed by atoms with Crippen LogP contribution in [0.4, 0.5) is 5.69 Å². The number of methoxy groups -OCH3 is 1. The molecule has 0 amide bonds. The lowest BCUT2D eigenvalue weighted by molar-refractivity contribution is 0.162. The van der Waals surface area contributed by atoms with E-state index in [0.717, 1.165) is 17.4 Å². The zero-order valence-corrected chi connectivity index (χ0v) is 11.9. The third kappa shape index (κ3) is 2.46. The van der Waals surface area contributed by atoms with Crippen LogP contribution in [0, 0.1) is 0 Å². The van der Waals surface area contributed by atoms with Crippen LogP contribution in [0.15, 0.2) is 47.5 Å². The first kappa shape index (κ1) is 12.5. The summed E-state index contributed by atoms with van der Waals surface area (Å²) in [6, 6.07) is 14.6. The van der Waals surface area contributed by atoms with Gasteiger partial charge in [-0.05, 0) is 11.5 Å². The second kappa shape index (κ2) is 5.23. The number of ether oxygens (including phenoxy) is 1. The van der Waals surface area contributed by atoms with Crippen molar-refractivity contribution in [3.05, 3.63) is 42.5 Å². The predicted molar refractivity (Wildman–Crippen MR) is 82.1 cm³/mol. The normalized spacial score (nSPS) is 21.5. The van der Waals surface area contributed by atoms with Crippen LogP contribution in [-0.4, -0.2) is 36.2 Å². The van der Waals surface area contributed by atoms with Gasteiger partial charge in [0.05, 0.1) is 12.2 Å². The van der Waals surface area contributed by atoms with Gasteiger partial charge in [-0.2, -0.15) is 0 Å². The Labute approximate surface area is 117 Å². The van der Waals surface area contributed by atoms with Gasteiger partial charge in [0.25, 0.3) is 0 Å². The highest BCUT2D eigenvalue weighted by Crippen LogP contribution is 2.31. The van der Waals surface area contributed by atoms with E-state index in [0.29, 0.717) is 0 Å². The van der Waals surface area contributed by atoms with Crippen LogP contribution in [0.3, 0.4) is 0 Å². The highest BCUT2D eigenvalue weighted by atomic mass is 32.2. The second-order valence-electron chi connectivity index (χ2n) is 4.56. The Morgan fingerprint density at radius 2 is 2.00 bits per heavy atom. The maximum atomic E-state index is 5.38. The summed E-state index contributed by atoms with van der Waals surface area (Å²) >= 11 is 1.68. The first-order valence-corrected chi connectivity index (χ1v) is 7.13. The average Bonchev–Trinajstić information content (AvgIpc) is 2.80. The third-order valence-electron chi connectivity index (χ3n) is 3.23. The largest absolute Gasteiger partial charge is 0.368 e. The third-order valence-corrected chi connectivity index (χ3v) is 4.45. The average molecular weight is 272 g/mol. The maximum Gasteiger partial charge on any atom is 0.166 e. The molecule has 0 spiro atoms. The van der Waals surface area contributed by atoms with Gasteiger partial charge in [-0.1, -0.05) is 48.2 Å². The molecule has 2 aromatic carbocycles. The van der Waals surface area contributed by atoms with Crippen LogP contribution in [0.5, 0.6) is 0 Å². The van der Waals surface area contributed by atoms with Gasteiger partial charge in [0.15, 0.2) is 5.17 Å². The van der Waals surface area contributed by atoms with E-state index >= 15 is 0 Å². The van der Waals surface area contributed by atoms with Gasteiger partial charge < -0.3 is 9.64 Å². The first-order chi connectivity index (χ1) is 9.28. The Bertz CT molecular complexity index is 621. The van der Waals surface area contributed by atoms with Crippen molar-refractivity contribution in [2.24, 2.45) is 4.99 Å². The molecule has 1 aliphatic rings. The molecule has 19 heavy (non-hydrogen) atoms. The van der Waals surface area contributed by atoms with Gasteiger partial charge in [-0.3, -0.25) is 0 Å². The monoisotopic (exact) mass is 272 g/mol. The van der Waals surface area contributed by atoms with Crippen molar-refractivity contribution >= 4 is 33.4 Å². The van der Waals surface area contributed by atoms with Gasteiger partial charge >= 0.3 is 0 Å². The van der Waals surface area contributed by atoms with E-state index in [1.54, 1.807) is 18.9 Å². The molecule has 0 radical (unpaired) electrons. The number of amidine groups is 1. The molecule has 0 unspecified atom stereocenters. The Kier molecular flexibility index (Phi) is 3.44. The van der Waals surface area contributed by atoms with E-state index in [1.165, 1.54) is 10.8 Å². The van der Waals surface area contributed by atoms with Crippen molar-refractivity contribution in [3.8, 4) is 0 Å². The number of likely N-dealkylation sites (N-methyl/N-ethyl adjacent to an activating group) is 1. The highest BCUT2D eigenvalue weighted by Gasteiger charge is 2.25. The molecular weight excluding hydrogens is 256 g/mol. The van der Waals surface area contributed by atoms with E-state index in [2.05, 4.69) is 54.4 Å². The Balaban J connectivity index is 2.01. The Morgan fingerprint density at radius 1 is 1.21 bits per heavy atom. The van der Waals surface area contributed by atoms with E-state index in [1.807, 2.05) is 0 Å². The quantitative estimate of drug-likeness (QED) is 0.836. The van der Waals surface area contributed by atoms with Crippen LogP contribution in [-0.2, 0) is 4.74 Å². The molecule has 0 bridgehead atoms. The van der Waals surface area contributed by atoms with Crippen molar-refractivity contribution < 1.29 is 4.74 Å². The van der Waals surface area contributed by atoms with Crippen molar-refractivity contribution in [1.82, 2.24) is 4.90 Å². The number of hydrogen-bond donors (Lipinski definition) is 0. The lowest BCUT2D eigenvalue weighted by Gasteiger charge is -2.10. The van der Waals surface area contributed by atoms with Crippen molar-refractivity contribution in [2.45, 2.75) is 5.44 Å². The first-order valence-electron chi connectivity index (χ1n) is 6.25. The Morgan fingerprint density at radius 3 is 2.79 bits per heavy atom. The van der Waals surface area contributed by atoms with Crippen molar-refractivity contribution in [1.29, 1.82) is 0 Å². The van der Waals surface area contributed by atoms with Gasteiger partial charge in [0, 0.05) is 19.5 Å². The fraction of sp³-hybridized carbons (Fsp3) is 0.267. The fourth-order valence-electron chi connectivity index (χ4n) is 2.19. The van der Waals surface area contributed by atoms with E-state index < -0.39 is 0 Å². The molecule has 0 aliphatic carbocycles. The van der Waals surface area contributed by atoms with E-state index in [9.17, 15) is 0 Å². The molecule has 2 aromatic rings. The van der Waals surface area contributed by atoms with Gasteiger partial charge in [0.2, 0.25) is 0 Å². The standard InChI is InChI=1S/C15H16N2OS/c1-17-10-14(18-2)19-15(17)16-13-9-5-7-11-6-3-4-8-12(11)13/h3-9,14H,10H2,1-2H3/t14-/m0/s1. The van der Waals surface area contributed by atoms with Crippen LogP contribution in [0.25, 0.3) is 10.8 Å². The molecule has 1 saturated heterocycles. The van der Waals surface area contributed by atoms with E-state index in [4.69, 9.17) is 9.73 Å². The molecule has 0 aromatic heterocycles. The van der Waals surface area contributed by atoms with Crippen LogP contribution in [0.2, 0.25) is 0 Å². The molecule has 0 N–H and O–H groups in total. The zero-order chi connectivity index (χ0) is 13.2. The number of hydrogen-bond acceptors (Lipinski definition) is 3. The molecule has 1 aliphatic heterocycles. The molecule has 0 saturated carbocycles. The van der Waals surface area contributed by atoms with Crippen LogP contribution >= 0.6 is 11.8 Å². The maximum absolute atomic E-state index is 5.38. The fourth-order valence-corrected chi connectivity index (χ4v) is 3.22. The minimum absolute atomic E-state index is 0.179. The number of benzene rings is 2. The molecule has 1 fully saturated rings. The minimum Gasteiger partial charge on any atom is -0.368 e. The number of rotatable bonds is 2. The highest BCUT2D eigenvalue weighted by molar-refractivity contribution is 8.14.